The summed E-state index contributed by atoms with van der Waals surface area (Å²) < 4.78 is 10.3. The minimum atomic E-state index is 0.481. The highest BCUT2D eigenvalue weighted by Crippen LogP contribution is 2.26. The van der Waals surface area contributed by atoms with Crippen molar-refractivity contribution in [3.63, 3.8) is 0 Å². The molecule has 0 bridgehead atoms. The third-order valence-electron chi connectivity index (χ3n) is 2.79. The fourth-order valence-electron chi connectivity index (χ4n) is 1.68. The molecule has 1 N–H and O–H groups in total. The molecule has 2 rings (SSSR count). The lowest BCUT2D eigenvalue weighted by molar-refractivity contribution is 0.144. The van der Waals surface area contributed by atoms with Gasteiger partial charge in [-0.1, -0.05) is 35.3 Å². The van der Waals surface area contributed by atoms with E-state index in [9.17, 15) is 0 Å². The van der Waals surface area contributed by atoms with Crippen LogP contribution in [0.3, 0.4) is 0 Å². The zero-order valence-corrected chi connectivity index (χ0v) is 13.1. The number of aromatic nitrogens is 1. The van der Waals surface area contributed by atoms with Gasteiger partial charge in [-0.2, -0.15) is 0 Å². The maximum absolute atomic E-state index is 6.14. The molecule has 21 heavy (non-hydrogen) atoms. The van der Waals surface area contributed by atoms with Crippen molar-refractivity contribution in [2.24, 2.45) is 0 Å². The Morgan fingerprint density at radius 3 is 2.71 bits per heavy atom. The third kappa shape index (κ3) is 4.77. The van der Waals surface area contributed by atoms with Gasteiger partial charge in [-0.15, -0.1) is 0 Å². The molecule has 2 aromatic rings. The molecule has 0 saturated heterocycles. The number of pyridine rings is 1. The van der Waals surface area contributed by atoms with Crippen molar-refractivity contribution in [1.82, 2.24) is 4.98 Å². The Bertz CT molecular complexity index is 576. The normalized spacial score (nSPS) is 10.4. The first-order chi connectivity index (χ1) is 10.2. The summed E-state index contributed by atoms with van der Waals surface area (Å²) in [5.41, 5.74) is 1.81. The summed E-state index contributed by atoms with van der Waals surface area (Å²) >= 11 is 12.1. The quantitative estimate of drug-likeness (QED) is 0.780. The van der Waals surface area contributed by atoms with E-state index < -0.39 is 0 Å². The lowest BCUT2D eigenvalue weighted by atomic mass is 10.2. The van der Waals surface area contributed by atoms with Crippen LogP contribution in [0.25, 0.3) is 0 Å². The van der Waals surface area contributed by atoms with E-state index in [-0.39, 0.29) is 0 Å². The summed E-state index contributed by atoms with van der Waals surface area (Å²) in [6.07, 6.45) is 1.71. The van der Waals surface area contributed by atoms with Crippen LogP contribution in [0.5, 0.6) is 5.88 Å². The second kappa shape index (κ2) is 8.08. The lowest BCUT2D eigenvalue weighted by Gasteiger charge is -2.09. The largest absolute Gasteiger partial charge is 0.475 e. The molecule has 0 spiro atoms. The van der Waals surface area contributed by atoms with Crippen molar-refractivity contribution >= 4 is 28.9 Å². The van der Waals surface area contributed by atoms with Crippen molar-refractivity contribution in [1.29, 1.82) is 0 Å². The molecule has 6 heteroatoms. The average Bonchev–Trinajstić information content (AvgIpc) is 2.50. The molecule has 1 heterocycles. The molecule has 0 saturated carbocycles. The SMILES string of the molecule is COCCOc1ccc(NCc2cccc(Cl)c2Cl)cn1. The molecular formula is C15H16Cl2N2O2. The van der Waals surface area contributed by atoms with Gasteiger partial charge in [0.05, 0.1) is 28.5 Å². The summed E-state index contributed by atoms with van der Waals surface area (Å²) in [6, 6.07) is 9.26. The Labute approximate surface area is 134 Å². The van der Waals surface area contributed by atoms with E-state index >= 15 is 0 Å². The Morgan fingerprint density at radius 2 is 2.00 bits per heavy atom. The van der Waals surface area contributed by atoms with Crippen molar-refractivity contribution in [2.45, 2.75) is 6.54 Å². The van der Waals surface area contributed by atoms with Gasteiger partial charge in [0.1, 0.15) is 6.61 Å². The number of nitrogens with zero attached hydrogens (tertiary/aromatic N) is 1. The molecular weight excluding hydrogens is 311 g/mol. The van der Waals surface area contributed by atoms with Crippen LogP contribution >= 0.6 is 23.2 Å². The zero-order chi connectivity index (χ0) is 15.1. The van der Waals surface area contributed by atoms with Crippen molar-refractivity contribution in [2.75, 3.05) is 25.6 Å². The second-order valence-electron chi connectivity index (χ2n) is 4.29. The van der Waals surface area contributed by atoms with Gasteiger partial charge in [0.15, 0.2) is 0 Å². The summed E-state index contributed by atoms with van der Waals surface area (Å²) in [7, 11) is 1.63. The summed E-state index contributed by atoms with van der Waals surface area (Å²) in [5, 5.41) is 4.36. The van der Waals surface area contributed by atoms with Crippen LogP contribution in [0.2, 0.25) is 10.0 Å². The number of halogens is 2. The lowest BCUT2D eigenvalue weighted by Crippen LogP contribution is -2.05. The van der Waals surface area contributed by atoms with Gasteiger partial charge < -0.3 is 14.8 Å². The van der Waals surface area contributed by atoms with Crippen molar-refractivity contribution in [3.8, 4) is 5.88 Å². The number of anilines is 1. The topological polar surface area (TPSA) is 43.4 Å². The number of methoxy groups -OCH3 is 1. The number of ether oxygens (including phenoxy) is 2. The van der Waals surface area contributed by atoms with Crippen LogP contribution in [0.1, 0.15) is 5.56 Å². The molecule has 1 aromatic heterocycles. The van der Waals surface area contributed by atoms with Gasteiger partial charge in [0.2, 0.25) is 5.88 Å². The maximum atomic E-state index is 6.14. The van der Waals surface area contributed by atoms with Gasteiger partial charge in [-0.3, -0.25) is 0 Å². The fourth-order valence-corrected chi connectivity index (χ4v) is 2.07. The minimum Gasteiger partial charge on any atom is -0.475 e. The molecule has 0 aliphatic carbocycles. The number of hydrogen-bond donors (Lipinski definition) is 1. The monoisotopic (exact) mass is 326 g/mol. The Hall–Kier alpha value is -1.49. The van der Waals surface area contributed by atoms with Crippen LogP contribution in [0.4, 0.5) is 5.69 Å². The molecule has 0 fully saturated rings. The van der Waals surface area contributed by atoms with Crippen LogP contribution in [-0.2, 0) is 11.3 Å². The first kappa shape index (κ1) is 15.9. The molecule has 4 nitrogen and oxygen atoms in total. The van der Waals surface area contributed by atoms with Crippen LogP contribution in [0.15, 0.2) is 36.5 Å². The van der Waals surface area contributed by atoms with E-state index in [1.165, 1.54) is 0 Å². The fraction of sp³-hybridized carbons (Fsp3) is 0.267. The Morgan fingerprint density at radius 1 is 1.14 bits per heavy atom. The van der Waals surface area contributed by atoms with Gasteiger partial charge in [-0.25, -0.2) is 4.98 Å². The van der Waals surface area contributed by atoms with Gasteiger partial charge >= 0.3 is 0 Å². The van der Waals surface area contributed by atoms with Crippen molar-refractivity contribution < 1.29 is 9.47 Å². The minimum absolute atomic E-state index is 0.481. The zero-order valence-electron chi connectivity index (χ0n) is 11.6. The highest BCUT2D eigenvalue weighted by Gasteiger charge is 2.04. The molecule has 0 aliphatic rings. The molecule has 0 unspecified atom stereocenters. The van der Waals surface area contributed by atoms with E-state index in [1.807, 2.05) is 18.2 Å². The first-order valence-electron chi connectivity index (χ1n) is 6.45. The van der Waals surface area contributed by atoms with Gasteiger partial charge in [0.25, 0.3) is 0 Å². The van der Waals surface area contributed by atoms with Crippen LogP contribution in [0, 0.1) is 0 Å². The third-order valence-corrected chi connectivity index (χ3v) is 3.65. The number of rotatable bonds is 7. The predicted octanol–water partition coefficient (Wildman–Crippen LogP) is 4.03. The molecule has 1 aromatic carbocycles. The average molecular weight is 327 g/mol. The maximum Gasteiger partial charge on any atom is 0.213 e. The highest BCUT2D eigenvalue weighted by atomic mass is 35.5. The number of nitrogens with one attached hydrogen (secondary N) is 1. The van der Waals surface area contributed by atoms with E-state index in [0.717, 1.165) is 11.3 Å². The van der Waals surface area contributed by atoms with Crippen LogP contribution in [-0.4, -0.2) is 25.3 Å². The standard InChI is InChI=1S/C15H16Cl2N2O2/c1-20-7-8-21-14-6-5-12(10-19-14)18-9-11-3-2-4-13(16)15(11)17/h2-6,10,18H,7-9H2,1H3. The molecule has 0 amide bonds. The van der Waals surface area contributed by atoms with Gasteiger partial charge in [-0.05, 0) is 17.7 Å². The predicted molar refractivity (Wildman–Crippen MR) is 85.4 cm³/mol. The van der Waals surface area contributed by atoms with E-state index in [1.54, 1.807) is 25.4 Å². The molecule has 0 atom stereocenters. The first-order valence-corrected chi connectivity index (χ1v) is 7.21. The van der Waals surface area contributed by atoms with Gasteiger partial charge in [0, 0.05) is 19.7 Å². The Balaban J connectivity index is 1.90. The molecule has 0 radical (unpaired) electrons. The Kier molecular flexibility index (Phi) is 6.11. The smallest absolute Gasteiger partial charge is 0.213 e. The van der Waals surface area contributed by atoms with Crippen molar-refractivity contribution in [3.05, 3.63) is 52.1 Å². The van der Waals surface area contributed by atoms with E-state index in [0.29, 0.717) is 35.7 Å². The summed E-state index contributed by atoms with van der Waals surface area (Å²) in [4.78, 5) is 4.20. The number of benzene rings is 1. The van der Waals surface area contributed by atoms with E-state index in [4.69, 9.17) is 32.7 Å². The second-order valence-corrected chi connectivity index (χ2v) is 5.08. The molecule has 112 valence electrons. The highest BCUT2D eigenvalue weighted by molar-refractivity contribution is 6.42. The van der Waals surface area contributed by atoms with E-state index in [2.05, 4.69) is 10.3 Å². The van der Waals surface area contributed by atoms with Crippen LogP contribution < -0.4 is 10.1 Å². The number of hydrogen-bond acceptors (Lipinski definition) is 4. The summed E-state index contributed by atoms with van der Waals surface area (Å²) in [6.45, 7) is 1.59. The molecule has 0 aliphatic heterocycles. The summed E-state index contributed by atoms with van der Waals surface area (Å²) in [5.74, 6) is 0.568.